The second kappa shape index (κ2) is 9.64. The maximum absolute atomic E-state index is 13.3. The standard InChI is InChI=1S/C28H22BrNO3S2/c1-4-33-27(31)24-21(18-8-6-5-7-9-18)23-26(34-24)25(22-17(3)14-16(2)15-30(22)23)35-28(32)19-10-12-20(29)13-11-19/h5-15H,4H2,1-3H3. The normalized spacial score (nSPS) is 11.3. The minimum Gasteiger partial charge on any atom is -0.462 e. The number of aromatic nitrogens is 1. The van der Waals surface area contributed by atoms with E-state index in [1.165, 1.54) is 23.1 Å². The number of carbonyl (C=O) groups is 2. The van der Waals surface area contributed by atoms with Crippen LogP contribution < -0.4 is 0 Å². The molecule has 0 unspecified atom stereocenters. The number of ether oxygens (including phenoxy) is 1. The fourth-order valence-electron chi connectivity index (χ4n) is 4.33. The summed E-state index contributed by atoms with van der Waals surface area (Å²) in [6, 6.07) is 19.4. The zero-order valence-electron chi connectivity index (χ0n) is 19.4. The number of benzene rings is 2. The van der Waals surface area contributed by atoms with Crippen LogP contribution in [0.15, 0.2) is 76.2 Å². The number of halogens is 1. The van der Waals surface area contributed by atoms with Crippen molar-refractivity contribution in [3.8, 4) is 11.1 Å². The Hall–Kier alpha value is -2.87. The van der Waals surface area contributed by atoms with E-state index in [0.717, 1.165) is 47.4 Å². The first kappa shape index (κ1) is 23.9. The summed E-state index contributed by atoms with van der Waals surface area (Å²) >= 11 is 6.04. The van der Waals surface area contributed by atoms with Crippen LogP contribution >= 0.6 is 39.0 Å². The molecule has 35 heavy (non-hydrogen) atoms. The molecule has 5 aromatic rings. The van der Waals surface area contributed by atoms with Gasteiger partial charge in [-0.2, -0.15) is 0 Å². The van der Waals surface area contributed by atoms with Crippen LogP contribution in [-0.4, -0.2) is 22.1 Å². The van der Waals surface area contributed by atoms with Crippen LogP contribution in [0.2, 0.25) is 0 Å². The molecular weight excluding hydrogens is 542 g/mol. The Morgan fingerprint density at radius 2 is 1.74 bits per heavy atom. The minimum absolute atomic E-state index is 0.0424. The molecule has 3 heterocycles. The molecule has 5 rings (SSSR count). The lowest BCUT2D eigenvalue weighted by Gasteiger charge is -2.09. The molecule has 0 spiro atoms. The van der Waals surface area contributed by atoms with Crippen LogP contribution in [0, 0.1) is 13.8 Å². The second-order valence-electron chi connectivity index (χ2n) is 8.22. The van der Waals surface area contributed by atoms with Crippen molar-refractivity contribution in [2.75, 3.05) is 6.61 Å². The molecule has 0 saturated heterocycles. The lowest BCUT2D eigenvalue weighted by atomic mass is 10.1. The van der Waals surface area contributed by atoms with E-state index in [0.29, 0.717) is 17.0 Å². The van der Waals surface area contributed by atoms with Crippen LogP contribution in [-0.2, 0) is 4.74 Å². The first-order valence-electron chi connectivity index (χ1n) is 11.2. The summed E-state index contributed by atoms with van der Waals surface area (Å²) in [5.41, 5.74) is 6.50. The van der Waals surface area contributed by atoms with Gasteiger partial charge in [-0.25, -0.2) is 4.79 Å². The monoisotopic (exact) mass is 563 g/mol. The topological polar surface area (TPSA) is 47.8 Å². The van der Waals surface area contributed by atoms with Crippen LogP contribution in [0.5, 0.6) is 0 Å². The summed E-state index contributed by atoms with van der Waals surface area (Å²) in [6.45, 7) is 6.22. The molecule has 0 amide bonds. The van der Waals surface area contributed by atoms with Crippen molar-refractivity contribution in [3.63, 3.8) is 0 Å². The molecule has 3 aromatic heterocycles. The summed E-state index contributed by atoms with van der Waals surface area (Å²) in [5.74, 6) is -0.346. The third kappa shape index (κ3) is 4.33. The van der Waals surface area contributed by atoms with Gasteiger partial charge in [0.2, 0.25) is 5.12 Å². The van der Waals surface area contributed by atoms with Gasteiger partial charge < -0.3 is 9.14 Å². The maximum atomic E-state index is 13.3. The number of carbonyl (C=O) groups excluding carboxylic acids is 2. The number of hydrogen-bond donors (Lipinski definition) is 0. The van der Waals surface area contributed by atoms with Crippen molar-refractivity contribution in [3.05, 3.63) is 92.9 Å². The van der Waals surface area contributed by atoms with Gasteiger partial charge in [0.15, 0.2) is 0 Å². The summed E-state index contributed by atoms with van der Waals surface area (Å²) in [4.78, 5) is 27.8. The van der Waals surface area contributed by atoms with Crippen molar-refractivity contribution in [1.29, 1.82) is 0 Å². The smallest absolute Gasteiger partial charge is 0.349 e. The Kier molecular flexibility index (Phi) is 6.57. The van der Waals surface area contributed by atoms with E-state index in [9.17, 15) is 9.59 Å². The van der Waals surface area contributed by atoms with Gasteiger partial charge in [0.1, 0.15) is 4.88 Å². The van der Waals surface area contributed by atoms with Gasteiger partial charge in [0, 0.05) is 21.8 Å². The number of aryl methyl sites for hydroxylation is 2. The summed E-state index contributed by atoms with van der Waals surface area (Å²) in [7, 11) is 0. The van der Waals surface area contributed by atoms with Gasteiger partial charge in [-0.3, -0.25) is 4.79 Å². The highest BCUT2D eigenvalue weighted by molar-refractivity contribution is 9.10. The number of nitrogens with zero attached hydrogens (tertiary/aromatic N) is 1. The van der Waals surface area contributed by atoms with Crippen LogP contribution in [0.1, 0.15) is 38.1 Å². The number of hydrogen-bond acceptors (Lipinski definition) is 5. The third-order valence-electron chi connectivity index (χ3n) is 5.73. The van der Waals surface area contributed by atoms with Gasteiger partial charge in [0.05, 0.1) is 27.2 Å². The number of pyridine rings is 1. The van der Waals surface area contributed by atoms with E-state index >= 15 is 0 Å². The van der Waals surface area contributed by atoms with E-state index in [2.05, 4.69) is 46.4 Å². The highest BCUT2D eigenvalue weighted by Gasteiger charge is 2.28. The van der Waals surface area contributed by atoms with Gasteiger partial charge in [-0.1, -0.05) is 52.3 Å². The van der Waals surface area contributed by atoms with E-state index in [1.54, 1.807) is 0 Å². The van der Waals surface area contributed by atoms with Gasteiger partial charge in [-0.05, 0) is 73.5 Å². The van der Waals surface area contributed by atoms with E-state index in [1.807, 2.05) is 61.5 Å². The van der Waals surface area contributed by atoms with Gasteiger partial charge in [0.25, 0.3) is 0 Å². The number of fused-ring (bicyclic) bond motifs is 3. The second-order valence-corrected chi connectivity index (χ2v) is 11.1. The summed E-state index contributed by atoms with van der Waals surface area (Å²) in [6.07, 6.45) is 2.08. The highest BCUT2D eigenvalue weighted by atomic mass is 79.9. The first-order chi connectivity index (χ1) is 16.9. The molecule has 0 saturated carbocycles. The molecule has 176 valence electrons. The molecule has 0 aliphatic rings. The Morgan fingerprint density at radius 1 is 1.03 bits per heavy atom. The number of esters is 1. The lowest BCUT2D eigenvalue weighted by molar-refractivity contribution is 0.0533. The molecule has 4 nitrogen and oxygen atoms in total. The lowest BCUT2D eigenvalue weighted by Crippen LogP contribution is -2.04. The summed E-state index contributed by atoms with van der Waals surface area (Å²) < 4.78 is 9.41. The Morgan fingerprint density at radius 3 is 2.43 bits per heavy atom. The molecule has 7 heteroatoms. The highest BCUT2D eigenvalue weighted by Crippen LogP contribution is 2.48. The molecule has 0 bridgehead atoms. The fourth-order valence-corrected chi connectivity index (χ4v) is 6.98. The van der Waals surface area contributed by atoms with E-state index in [4.69, 9.17) is 4.74 Å². The minimum atomic E-state index is -0.346. The van der Waals surface area contributed by atoms with E-state index < -0.39 is 0 Å². The van der Waals surface area contributed by atoms with E-state index in [-0.39, 0.29) is 11.1 Å². The van der Waals surface area contributed by atoms with Crippen molar-refractivity contribution in [1.82, 2.24) is 4.40 Å². The van der Waals surface area contributed by atoms with Crippen molar-refractivity contribution in [2.24, 2.45) is 0 Å². The zero-order valence-corrected chi connectivity index (χ0v) is 22.6. The largest absolute Gasteiger partial charge is 0.462 e. The summed E-state index contributed by atoms with van der Waals surface area (Å²) in [5, 5.41) is -0.0424. The van der Waals surface area contributed by atoms with Crippen LogP contribution in [0.4, 0.5) is 0 Å². The SMILES string of the molecule is CCOC(=O)c1sc2c(SC(=O)c3ccc(Br)cc3)c3c(C)cc(C)cn3c2c1-c1ccccc1. The fraction of sp³-hybridized carbons (Fsp3) is 0.143. The molecule has 0 aliphatic carbocycles. The van der Waals surface area contributed by atoms with Crippen LogP contribution in [0.25, 0.3) is 26.9 Å². The Bertz CT molecular complexity index is 1580. The maximum Gasteiger partial charge on any atom is 0.349 e. The van der Waals surface area contributed by atoms with Crippen LogP contribution in [0.3, 0.4) is 0 Å². The number of rotatable bonds is 5. The zero-order chi connectivity index (χ0) is 24.7. The first-order valence-corrected chi connectivity index (χ1v) is 13.6. The Balaban J connectivity index is 1.82. The average Bonchev–Trinajstić information content (AvgIpc) is 3.36. The van der Waals surface area contributed by atoms with Gasteiger partial charge in [-0.15, -0.1) is 11.3 Å². The quantitative estimate of drug-likeness (QED) is 0.159. The number of thiophene rings is 1. The van der Waals surface area contributed by atoms with Crippen molar-refractivity contribution >= 4 is 65.8 Å². The Labute approximate surface area is 220 Å². The van der Waals surface area contributed by atoms with Crippen molar-refractivity contribution in [2.45, 2.75) is 25.7 Å². The van der Waals surface area contributed by atoms with Gasteiger partial charge >= 0.3 is 5.97 Å². The molecule has 2 aromatic carbocycles. The number of thioether (sulfide) groups is 1. The average molecular weight is 565 g/mol. The molecule has 0 radical (unpaired) electrons. The molecule has 0 aliphatic heterocycles. The molecule has 0 fully saturated rings. The molecular formula is C28H22BrNO3S2. The predicted octanol–water partition coefficient (Wildman–Crippen LogP) is 8.31. The predicted molar refractivity (Wildman–Crippen MR) is 148 cm³/mol. The molecule has 0 atom stereocenters. The van der Waals surface area contributed by atoms with Crippen molar-refractivity contribution < 1.29 is 14.3 Å². The molecule has 0 N–H and O–H groups in total. The third-order valence-corrected chi connectivity index (χ3v) is 8.59.